The maximum atomic E-state index is 14.7. The summed E-state index contributed by atoms with van der Waals surface area (Å²) in [5.41, 5.74) is -1.68. The minimum atomic E-state index is -4.65. The van der Waals surface area contributed by atoms with Crippen molar-refractivity contribution in [3.63, 3.8) is 0 Å². The molecule has 0 atom stereocenters. The molecule has 3 aromatic rings. The summed E-state index contributed by atoms with van der Waals surface area (Å²) in [7, 11) is -4.48. The van der Waals surface area contributed by atoms with E-state index in [1.807, 2.05) is 4.72 Å². The van der Waals surface area contributed by atoms with Crippen molar-refractivity contribution >= 4 is 33.3 Å². The second-order valence-corrected chi connectivity index (χ2v) is 9.02. The molecule has 178 valence electrons. The lowest BCUT2D eigenvalue weighted by Crippen LogP contribution is -2.41. The maximum Gasteiger partial charge on any atom is 0.416 e. The number of ether oxygens (including phenoxy) is 1. The number of sulfonamides is 1. The molecule has 3 aromatic carbocycles. The second-order valence-electron chi connectivity index (χ2n) is 6.96. The van der Waals surface area contributed by atoms with Gasteiger partial charge < -0.3 is 10.1 Å². The van der Waals surface area contributed by atoms with Gasteiger partial charge in [-0.3, -0.25) is 0 Å². The molecule has 0 bridgehead atoms. The summed E-state index contributed by atoms with van der Waals surface area (Å²) >= 11 is 6.00. The molecule has 13 heteroatoms. The van der Waals surface area contributed by atoms with Crippen LogP contribution in [0.1, 0.15) is 11.1 Å². The van der Waals surface area contributed by atoms with Crippen molar-refractivity contribution in [2.45, 2.75) is 17.6 Å². The zero-order valence-electron chi connectivity index (χ0n) is 16.8. The molecule has 34 heavy (non-hydrogen) atoms. The molecule has 0 spiro atoms. The van der Waals surface area contributed by atoms with Gasteiger partial charge >= 0.3 is 6.18 Å². The first kappa shape index (κ1) is 23.8. The predicted molar refractivity (Wildman–Crippen MR) is 114 cm³/mol. The lowest BCUT2D eigenvalue weighted by molar-refractivity contribution is -0.138. The van der Waals surface area contributed by atoms with Gasteiger partial charge in [0.2, 0.25) is 11.8 Å². The highest BCUT2D eigenvalue weighted by Crippen LogP contribution is 2.42. The van der Waals surface area contributed by atoms with Gasteiger partial charge in [-0.2, -0.15) is 17.6 Å². The maximum absolute atomic E-state index is 14.7. The molecule has 0 saturated heterocycles. The van der Waals surface area contributed by atoms with Crippen LogP contribution >= 0.6 is 11.6 Å². The monoisotopic (exact) mass is 517 g/mol. The van der Waals surface area contributed by atoms with Crippen molar-refractivity contribution in [2.24, 2.45) is 4.99 Å². The van der Waals surface area contributed by atoms with Crippen LogP contribution in [0.3, 0.4) is 0 Å². The van der Waals surface area contributed by atoms with E-state index in [-0.39, 0.29) is 16.3 Å². The molecule has 6 nitrogen and oxygen atoms in total. The number of guanidine groups is 1. The van der Waals surface area contributed by atoms with Gasteiger partial charge in [-0.15, -0.1) is 0 Å². The standard InChI is InChI=1S/C21H13ClF5N3O3S/c22-13-7-3-4-8-15(13)33-19-17(24)14(23)9-16-18(19)29-20(30-34(16,31)32)28-10-11-5-1-2-6-12(11)21(25,26)27/h1-9H,10H2,(H2,28,29,30). The van der Waals surface area contributed by atoms with Gasteiger partial charge in [0.25, 0.3) is 10.0 Å². The summed E-state index contributed by atoms with van der Waals surface area (Å²) in [5, 5.41) is 2.50. The van der Waals surface area contributed by atoms with Gasteiger partial charge in [-0.05, 0) is 29.8 Å². The fourth-order valence-corrected chi connectivity index (χ4v) is 4.47. The van der Waals surface area contributed by atoms with Crippen molar-refractivity contribution in [1.29, 1.82) is 0 Å². The molecule has 1 aliphatic rings. The molecule has 0 aliphatic carbocycles. The van der Waals surface area contributed by atoms with Crippen LogP contribution in [0.15, 0.2) is 64.5 Å². The van der Waals surface area contributed by atoms with E-state index in [0.717, 1.165) is 6.07 Å². The quantitative estimate of drug-likeness (QED) is 0.436. The van der Waals surface area contributed by atoms with Crippen LogP contribution in [0.4, 0.5) is 27.6 Å². The summed E-state index contributed by atoms with van der Waals surface area (Å²) in [4.78, 5) is 3.17. The molecular weight excluding hydrogens is 505 g/mol. The summed E-state index contributed by atoms with van der Waals surface area (Å²) in [6.07, 6.45) is -4.65. The minimum Gasteiger partial charge on any atom is -0.450 e. The van der Waals surface area contributed by atoms with Crippen molar-refractivity contribution in [2.75, 3.05) is 5.32 Å². The third kappa shape index (κ3) is 4.64. The van der Waals surface area contributed by atoms with Crippen molar-refractivity contribution < 1.29 is 35.1 Å². The largest absolute Gasteiger partial charge is 0.450 e. The van der Waals surface area contributed by atoms with Crippen molar-refractivity contribution in [3.05, 3.63) is 82.4 Å². The molecule has 0 radical (unpaired) electrons. The lowest BCUT2D eigenvalue weighted by atomic mass is 10.1. The van der Waals surface area contributed by atoms with E-state index in [1.54, 1.807) is 6.07 Å². The van der Waals surface area contributed by atoms with Crippen LogP contribution in [0, 0.1) is 11.6 Å². The Hall–Kier alpha value is -3.38. The molecule has 1 aliphatic heterocycles. The van der Waals surface area contributed by atoms with Gasteiger partial charge in [0, 0.05) is 0 Å². The van der Waals surface area contributed by atoms with Gasteiger partial charge in [-0.1, -0.05) is 41.9 Å². The zero-order chi connectivity index (χ0) is 24.7. The number of aliphatic imine (C=N–C) groups is 1. The molecule has 0 amide bonds. The fraction of sp³-hybridized carbons (Fsp3) is 0.0952. The lowest BCUT2D eigenvalue weighted by Gasteiger charge is -2.24. The van der Waals surface area contributed by atoms with E-state index in [4.69, 9.17) is 16.3 Å². The number of anilines is 1. The van der Waals surface area contributed by atoms with Crippen LogP contribution in [0.25, 0.3) is 0 Å². The third-order valence-electron chi connectivity index (χ3n) is 4.68. The molecule has 2 N–H and O–H groups in total. The van der Waals surface area contributed by atoms with Crippen LogP contribution in [0.5, 0.6) is 11.5 Å². The number of fused-ring (bicyclic) bond motifs is 1. The zero-order valence-corrected chi connectivity index (χ0v) is 18.3. The topological polar surface area (TPSA) is 79.8 Å². The number of alkyl halides is 3. The Bertz CT molecular complexity index is 1410. The van der Waals surface area contributed by atoms with E-state index in [2.05, 4.69) is 10.3 Å². The molecule has 0 saturated carbocycles. The number of hydrogen-bond donors (Lipinski definition) is 2. The SMILES string of the molecule is O=S1(=O)NC(=NCc2ccccc2C(F)(F)F)Nc2c1cc(F)c(F)c2Oc1ccccc1Cl. The minimum absolute atomic E-state index is 0.0364. The van der Waals surface area contributed by atoms with Crippen LogP contribution in [-0.4, -0.2) is 14.4 Å². The molecule has 4 rings (SSSR count). The Kier molecular flexibility index (Phi) is 6.13. The fourth-order valence-electron chi connectivity index (χ4n) is 3.14. The number of hydrogen-bond acceptors (Lipinski definition) is 4. The molecule has 0 unspecified atom stereocenters. The molecular formula is C21H13ClF5N3O3S. The molecule has 0 aromatic heterocycles. The normalized spacial score (nSPS) is 15.9. The van der Waals surface area contributed by atoms with Gasteiger partial charge in [0.1, 0.15) is 16.3 Å². The number of para-hydroxylation sites is 1. The van der Waals surface area contributed by atoms with Gasteiger partial charge in [-0.25, -0.2) is 22.5 Å². The summed E-state index contributed by atoms with van der Waals surface area (Å²) in [5.74, 6) is -4.44. The Balaban J connectivity index is 1.76. The molecule has 0 fully saturated rings. The van der Waals surface area contributed by atoms with E-state index in [0.29, 0.717) is 6.07 Å². The Morgan fingerprint density at radius 3 is 2.41 bits per heavy atom. The Morgan fingerprint density at radius 2 is 1.71 bits per heavy atom. The van der Waals surface area contributed by atoms with Crippen LogP contribution in [0.2, 0.25) is 5.02 Å². The first-order valence-corrected chi connectivity index (χ1v) is 11.3. The number of nitrogens with one attached hydrogen (secondary N) is 2. The average Bonchev–Trinajstić information content (AvgIpc) is 2.77. The third-order valence-corrected chi connectivity index (χ3v) is 6.36. The van der Waals surface area contributed by atoms with E-state index in [9.17, 15) is 30.4 Å². The van der Waals surface area contributed by atoms with Gasteiger partial charge in [0.15, 0.2) is 11.6 Å². The van der Waals surface area contributed by atoms with E-state index >= 15 is 0 Å². The van der Waals surface area contributed by atoms with E-state index in [1.165, 1.54) is 36.4 Å². The van der Waals surface area contributed by atoms with E-state index < -0.39 is 62.2 Å². The number of rotatable bonds is 4. The Labute approximate surface area is 195 Å². The smallest absolute Gasteiger partial charge is 0.416 e. The van der Waals surface area contributed by atoms with Gasteiger partial charge in [0.05, 0.1) is 17.1 Å². The summed E-state index contributed by atoms with van der Waals surface area (Å²) in [6.45, 7) is -0.569. The van der Waals surface area contributed by atoms with Crippen molar-refractivity contribution in [3.8, 4) is 11.5 Å². The van der Waals surface area contributed by atoms with Crippen molar-refractivity contribution in [1.82, 2.24) is 4.72 Å². The van der Waals surface area contributed by atoms with Crippen LogP contribution in [-0.2, 0) is 22.7 Å². The predicted octanol–water partition coefficient (Wildman–Crippen LogP) is 5.69. The number of halogens is 6. The van der Waals surface area contributed by atoms with Crippen LogP contribution < -0.4 is 14.8 Å². The number of nitrogens with zero attached hydrogens (tertiary/aromatic N) is 1. The first-order valence-electron chi connectivity index (χ1n) is 9.41. The highest BCUT2D eigenvalue weighted by Gasteiger charge is 2.35. The number of benzene rings is 3. The second kappa shape index (κ2) is 8.76. The average molecular weight is 518 g/mol. The molecule has 1 heterocycles. The summed E-state index contributed by atoms with van der Waals surface area (Å²) in [6, 6.07) is 10.9. The highest BCUT2D eigenvalue weighted by molar-refractivity contribution is 7.90. The first-order chi connectivity index (χ1) is 16.0. The highest BCUT2D eigenvalue weighted by atomic mass is 35.5. The summed E-state index contributed by atoms with van der Waals surface area (Å²) < 4.78 is 101. The Morgan fingerprint density at radius 1 is 1.03 bits per heavy atom.